The summed E-state index contributed by atoms with van der Waals surface area (Å²) >= 11 is 5.18. The fourth-order valence-corrected chi connectivity index (χ4v) is 1.37. The van der Waals surface area contributed by atoms with Crippen molar-refractivity contribution < 1.29 is 14.2 Å². The third-order valence-corrected chi connectivity index (χ3v) is 2.33. The summed E-state index contributed by atoms with van der Waals surface area (Å²) in [5, 5.41) is 8.95. The molecule has 0 unspecified atom stereocenters. The van der Waals surface area contributed by atoms with E-state index in [-0.39, 0.29) is 16.7 Å². The minimum atomic E-state index is -1.04. The van der Waals surface area contributed by atoms with E-state index in [2.05, 4.69) is 4.29 Å². The highest BCUT2D eigenvalue weighted by Crippen LogP contribution is 2.28. The molecule has 0 aromatic heterocycles. The lowest BCUT2D eigenvalue weighted by atomic mass is 9.86. The molecule has 1 N–H and O–H groups in total. The molecule has 82 valence electrons. The van der Waals surface area contributed by atoms with Gasteiger partial charge in [-0.15, -0.1) is 0 Å². The molecule has 0 amide bonds. The first-order chi connectivity index (χ1) is 6.86. The number of aromatic carboxylic acids is 1. The largest absolute Gasteiger partial charge is 0.478 e. The zero-order chi connectivity index (χ0) is 11.6. The van der Waals surface area contributed by atoms with Crippen LogP contribution in [0.4, 0.5) is 0 Å². The Morgan fingerprint density at radius 1 is 1.40 bits per heavy atom. The summed E-state index contributed by atoms with van der Waals surface area (Å²) in [6, 6.07) is 4.96. The lowest BCUT2D eigenvalue weighted by molar-refractivity contribution is 0.0695. The highest BCUT2D eigenvalue weighted by molar-refractivity contribution is 6.10. The molecule has 0 saturated carbocycles. The normalized spacial score (nSPS) is 11.2. The van der Waals surface area contributed by atoms with Crippen molar-refractivity contribution in [2.45, 2.75) is 26.2 Å². The monoisotopic (exact) mass is 228 g/mol. The molecule has 1 aromatic carbocycles. The topological polar surface area (TPSA) is 46.5 Å². The minimum Gasteiger partial charge on any atom is -0.478 e. The van der Waals surface area contributed by atoms with E-state index in [1.807, 2.05) is 26.8 Å². The summed E-state index contributed by atoms with van der Waals surface area (Å²) in [7, 11) is 0. The number of hydrogen-bond acceptors (Lipinski definition) is 2. The summed E-state index contributed by atoms with van der Waals surface area (Å²) in [6.07, 6.45) is 0. The van der Waals surface area contributed by atoms with E-state index < -0.39 is 5.97 Å². The Kier molecular flexibility index (Phi) is 3.25. The first kappa shape index (κ1) is 11.9. The fourth-order valence-electron chi connectivity index (χ4n) is 1.23. The van der Waals surface area contributed by atoms with Crippen LogP contribution < -0.4 is 4.29 Å². The highest BCUT2D eigenvalue weighted by Gasteiger charge is 2.18. The van der Waals surface area contributed by atoms with E-state index in [4.69, 9.17) is 17.0 Å². The zero-order valence-electron chi connectivity index (χ0n) is 8.87. The van der Waals surface area contributed by atoms with E-state index in [9.17, 15) is 4.79 Å². The molecule has 0 aliphatic carbocycles. The number of carboxylic acids is 1. The molecular weight excluding hydrogens is 216 g/mol. The van der Waals surface area contributed by atoms with E-state index >= 15 is 0 Å². The number of carbonyl (C=O) groups is 1. The van der Waals surface area contributed by atoms with E-state index in [1.165, 1.54) is 0 Å². The average Bonchev–Trinajstić information content (AvgIpc) is 2.15. The molecule has 0 aliphatic rings. The minimum absolute atomic E-state index is 0.0809. The highest BCUT2D eigenvalue weighted by atomic mass is 35.5. The van der Waals surface area contributed by atoms with Crippen LogP contribution >= 0.6 is 11.9 Å². The first-order valence-electron chi connectivity index (χ1n) is 4.52. The quantitative estimate of drug-likeness (QED) is 0.846. The molecule has 0 atom stereocenters. The van der Waals surface area contributed by atoms with Crippen molar-refractivity contribution in [2.75, 3.05) is 0 Å². The van der Waals surface area contributed by atoms with E-state index in [0.29, 0.717) is 0 Å². The maximum atomic E-state index is 10.9. The Balaban J connectivity index is 3.28. The summed E-state index contributed by atoms with van der Waals surface area (Å²) < 4.78 is 4.47. The number of carboxylic acid groups (broad SMARTS) is 1. The molecule has 0 radical (unpaired) electrons. The zero-order valence-corrected chi connectivity index (χ0v) is 9.63. The molecule has 1 rings (SSSR count). The molecule has 15 heavy (non-hydrogen) atoms. The molecular formula is C11H13ClO3. The van der Waals surface area contributed by atoms with Gasteiger partial charge in [-0.25, -0.2) is 4.79 Å². The van der Waals surface area contributed by atoms with Gasteiger partial charge in [-0.2, -0.15) is 0 Å². The van der Waals surface area contributed by atoms with Gasteiger partial charge in [-0.3, -0.25) is 0 Å². The molecule has 0 fully saturated rings. The van der Waals surface area contributed by atoms with Crippen LogP contribution in [-0.2, 0) is 5.41 Å². The second-order valence-electron chi connectivity index (χ2n) is 4.34. The average molecular weight is 229 g/mol. The van der Waals surface area contributed by atoms with Gasteiger partial charge in [0.1, 0.15) is 17.4 Å². The standard InChI is InChI=1S/C11H13ClO3/c1-11(2,3)7-4-5-9(15-12)8(6-7)10(13)14/h4-6H,1-3H3,(H,13,14). The van der Waals surface area contributed by atoms with Gasteiger partial charge in [0.15, 0.2) is 5.75 Å². The van der Waals surface area contributed by atoms with E-state index in [1.54, 1.807) is 12.1 Å². The number of hydrogen-bond donors (Lipinski definition) is 1. The Hall–Kier alpha value is -1.22. The van der Waals surface area contributed by atoms with Crippen LogP contribution in [0.15, 0.2) is 18.2 Å². The Morgan fingerprint density at radius 3 is 2.40 bits per heavy atom. The van der Waals surface area contributed by atoms with Crippen molar-refractivity contribution in [3.05, 3.63) is 29.3 Å². The van der Waals surface area contributed by atoms with Crippen LogP contribution in [0.3, 0.4) is 0 Å². The molecule has 1 aromatic rings. The van der Waals surface area contributed by atoms with Crippen molar-refractivity contribution in [2.24, 2.45) is 0 Å². The number of benzene rings is 1. The van der Waals surface area contributed by atoms with Crippen molar-refractivity contribution in [1.82, 2.24) is 0 Å². The van der Waals surface area contributed by atoms with Gasteiger partial charge >= 0.3 is 5.97 Å². The predicted molar refractivity (Wildman–Crippen MR) is 58.6 cm³/mol. The summed E-state index contributed by atoms with van der Waals surface area (Å²) in [6.45, 7) is 6.03. The van der Waals surface area contributed by atoms with Crippen molar-refractivity contribution in [1.29, 1.82) is 0 Å². The van der Waals surface area contributed by atoms with Gasteiger partial charge in [0, 0.05) is 0 Å². The Bertz CT molecular complexity index is 380. The lowest BCUT2D eigenvalue weighted by Crippen LogP contribution is -2.12. The third kappa shape index (κ3) is 2.63. The molecule has 3 nitrogen and oxygen atoms in total. The molecule has 0 saturated heterocycles. The van der Waals surface area contributed by atoms with Crippen LogP contribution in [0, 0.1) is 0 Å². The first-order valence-corrected chi connectivity index (χ1v) is 4.83. The molecule has 0 bridgehead atoms. The summed E-state index contributed by atoms with van der Waals surface area (Å²) in [5.41, 5.74) is 0.907. The van der Waals surface area contributed by atoms with Crippen LogP contribution in [0.2, 0.25) is 0 Å². The second kappa shape index (κ2) is 4.11. The Labute approximate surface area is 93.8 Å². The molecule has 0 aliphatic heterocycles. The van der Waals surface area contributed by atoms with Gasteiger partial charge in [0.2, 0.25) is 0 Å². The van der Waals surface area contributed by atoms with Gasteiger partial charge < -0.3 is 9.40 Å². The molecule has 4 heteroatoms. The Morgan fingerprint density at radius 2 is 2.00 bits per heavy atom. The summed E-state index contributed by atoms with van der Waals surface area (Å²) in [5.74, 6) is -0.881. The maximum absolute atomic E-state index is 10.9. The van der Waals surface area contributed by atoms with Gasteiger partial charge in [-0.05, 0) is 23.1 Å². The van der Waals surface area contributed by atoms with Crippen LogP contribution in [0.25, 0.3) is 0 Å². The van der Waals surface area contributed by atoms with Crippen LogP contribution in [-0.4, -0.2) is 11.1 Å². The number of halogens is 1. The molecule has 0 spiro atoms. The van der Waals surface area contributed by atoms with Crippen molar-refractivity contribution >= 4 is 17.8 Å². The van der Waals surface area contributed by atoms with Crippen molar-refractivity contribution in [3.8, 4) is 5.75 Å². The predicted octanol–water partition coefficient (Wildman–Crippen LogP) is 3.21. The smallest absolute Gasteiger partial charge is 0.339 e. The van der Waals surface area contributed by atoms with Crippen molar-refractivity contribution in [3.63, 3.8) is 0 Å². The maximum Gasteiger partial charge on any atom is 0.339 e. The van der Waals surface area contributed by atoms with Gasteiger partial charge in [0.05, 0.1) is 0 Å². The van der Waals surface area contributed by atoms with Crippen LogP contribution in [0.5, 0.6) is 5.75 Å². The lowest BCUT2D eigenvalue weighted by Gasteiger charge is -2.19. The van der Waals surface area contributed by atoms with Crippen LogP contribution in [0.1, 0.15) is 36.7 Å². The fraction of sp³-hybridized carbons (Fsp3) is 0.364. The summed E-state index contributed by atoms with van der Waals surface area (Å²) in [4.78, 5) is 10.9. The van der Waals surface area contributed by atoms with Gasteiger partial charge in [-0.1, -0.05) is 26.8 Å². The molecule has 0 heterocycles. The second-order valence-corrected chi connectivity index (χ2v) is 4.50. The van der Waals surface area contributed by atoms with E-state index in [0.717, 1.165) is 5.56 Å². The van der Waals surface area contributed by atoms with Gasteiger partial charge in [0.25, 0.3) is 0 Å². The SMILES string of the molecule is CC(C)(C)c1ccc(OCl)c(C(=O)O)c1. The third-order valence-electron chi connectivity index (χ3n) is 2.16. The number of rotatable bonds is 2.